The molecular weight excluding hydrogens is 317 g/mol. The van der Waals surface area contributed by atoms with E-state index in [4.69, 9.17) is 10.8 Å². The fourth-order valence-electron chi connectivity index (χ4n) is 0.994. The Balaban J connectivity index is 0.00000225. The molecule has 3 N–H and O–H groups in total. The van der Waals surface area contributed by atoms with Crippen LogP contribution in [0.15, 0.2) is 10.5 Å². The molecule has 0 unspecified atom stereocenters. The highest BCUT2D eigenvalue weighted by atomic mass is 79.9. The molecule has 1 aromatic rings. The van der Waals surface area contributed by atoms with E-state index in [0.29, 0.717) is 0 Å². The number of phenolic OH excluding ortho intramolecular Hbond substituents is 1. The Kier molecular flexibility index (Phi) is 5.51. The van der Waals surface area contributed by atoms with Crippen LogP contribution in [0.25, 0.3) is 0 Å². The van der Waals surface area contributed by atoms with Gasteiger partial charge in [0, 0.05) is 5.56 Å². The molecule has 0 radical (unpaired) electrons. The summed E-state index contributed by atoms with van der Waals surface area (Å²) >= 11 is 2.62. The van der Waals surface area contributed by atoms with Crippen molar-refractivity contribution in [1.29, 1.82) is 0 Å². The molecule has 0 fully saturated rings. The van der Waals surface area contributed by atoms with E-state index in [2.05, 4.69) is 15.9 Å². The Labute approximate surface area is 103 Å². The molecular formula is C8H7BrClF4NO. The van der Waals surface area contributed by atoms with Gasteiger partial charge in [-0.1, -0.05) is 0 Å². The van der Waals surface area contributed by atoms with Crippen molar-refractivity contribution in [1.82, 2.24) is 0 Å². The molecule has 2 nitrogen and oxygen atoms in total. The maximum absolute atomic E-state index is 12.9. The zero-order chi connectivity index (χ0) is 11.7. The summed E-state index contributed by atoms with van der Waals surface area (Å²) in [5.74, 6) is -4.14. The van der Waals surface area contributed by atoms with Crippen molar-refractivity contribution >= 4 is 28.3 Å². The molecule has 0 heterocycles. The minimum absolute atomic E-state index is 0. The van der Waals surface area contributed by atoms with Gasteiger partial charge >= 0.3 is 0 Å². The highest BCUT2D eigenvalue weighted by Crippen LogP contribution is 2.34. The predicted molar refractivity (Wildman–Crippen MR) is 55.9 cm³/mol. The Morgan fingerprint density at radius 3 is 2.19 bits per heavy atom. The SMILES string of the molecule is Cl.N[C@@H](c1cc(Br)c(F)c(F)c1O)C(F)F. The Hall–Kier alpha value is -0.530. The molecule has 92 valence electrons. The monoisotopic (exact) mass is 323 g/mol. The number of halogens is 6. The molecule has 0 aliphatic heterocycles. The Bertz CT molecular complexity index is 391. The summed E-state index contributed by atoms with van der Waals surface area (Å²) in [7, 11) is 0. The van der Waals surface area contributed by atoms with Gasteiger partial charge in [0.2, 0.25) is 5.82 Å². The molecule has 16 heavy (non-hydrogen) atoms. The second-order valence-corrected chi connectivity index (χ2v) is 3.64. The number of benzene rings is 1. The summed E-state index contributed by atoms with van der Waals surface area (Å²) in [4.78, 5) is 0. The van der Waals surface area contributed by atoms with Crippen LogP contribution in [-0.4, -0.2) is 11.5 Å². The van der Waals surface area contributed by atoms with Crippen molar-refractivity contribution < 1.29 is 22.7 Å². The van der Waals surface area contributed by atoms with E-state index in [-0.39, 0.29) is 16.9 Å². The average molecular weight is 324 g/mol. The van der Waals surface area contributed by atoms with Gasteiger partial charge in [0.05, 0.1) is 10.5 Å². The van der Waals surface area contributed by atoms with E-state index < -0.39 is 35.4 Å². The Morgan fingerprint density at radius 2 is 1.75 bits per heavy atom. The first-order valence-corrected chi connectivity index (χ1v) is 4.55. The summed E-state index contributed by atoms with van der Waals surface area (Å²) in [5, 5.41) is 9.07. The fourth-order valence-corrected chi connectivity index (χ4v) is 1.41. The summed E-state index contributed by atoms with van der Waals surface area (Å²) in [6.45, 7) is 0. The molecule has 0 aliphatic rings. The van der Waals surface area contributed by atoms with Gasteiger partial charge in [-0.05, 0) is 22.0 Å². The minimum atomic E-state index is -2.98. The van der Waals surface area contributed by atoms with E-state index in [0.717, 1.165) is 6.07 Å². The third-order valence-corrected chi connectivity index (χ3v) is 2.37. The molecule has 0 bridgehead atoms. The van der Waals surface area contributed by atoms with E-state index in [1.807, 2.05) is 0 Å². The normalized spacial score (nSPS) is 12.4. The molecule has 1 rings (SSSR count). The van der Waals surface area contributed by atoms with Crippen molar-refractivity contribution in [2.24, 2.45) is 5.73 Å². The maximum Gasteiger partial charge on any atom is 0.257 e. The molecule has 1 aromatic carbocycles. The van der Waals surface area contributed by atoms with Gasteiger partial charge in [-0.3, -0.25) is 0 Å². The van der Waals surface area contributed by atoms with Gasteiger partial charge in [-0.15, -0.1) is 12.4 Å². The molecule has 8 heteroatoms. The van der Waals surface area contributed by atoms with E-state index >= 15 is 0 Å². The van der Waals surface area contributed by atoms with Crippen molar-refractivity contribution in [3.05, 3.63) is 27.7 Å². The molecule has 0 saturated heterocycles. The van der Waals surface area contributed by atoms with Gasteiger partial charge in [-0.25, -0.2) is 13.2 Å². The minimum Gasteiger partial charge on any atom is -0.505 e. The highest BCUT2D eigenvalue weighted by molar-refractivity contribution is 9.10. The molecule has 0 aromatic heterocycles. The third-order valence-electron chi connectivity index (χ3n) is 1.80. The number of alkyl halides is 2. The second kappa shape index (κ2) is 5.70. The van der Waals surface area contributed by atoms with Crippen LogP contribution in [0.5, 0.6) is 5.75 Å². The summed E-state index contributed by atoms with van der Waals surface area (Å²) in [6.07, 6.45) is -2.98. The zero-order valence-electron chi connectivity index (χ0n) is 7.55. The second-order valence-electron chi connectivity index (χ2n) is 2.78. The number of phenols is 1. The largest absolute Gasteiger partial charge is 0.505 e. The number of hydrogen-bond acceptors (Lipinski definition) is 2. The lowest BCUT2D eigenvalue weighted by Gasteiger charge is -2.13. The first-order valence-electron chi connectivity index (χ1n) is 3.76. The molecule has 0 spiro atoms. The number of hydrogen-bond donors (Lipinski definition) is 2. The van der Waals surface area contributed by atoms with Crippen LogP contribution < -0.4 is 5.73 Å². The lowest BCUT2D eigenvalue weighted by Crippen LogP contribution is -2.19. The van der Waals surface area contributed by atoms with E-state index in [1.54, 1.807) is 0 Å². The van der Waals surface area contributed by atoms with Crippen molar-refractivity contribution in [3.63, 3.8) is 0 Å². The van der Waals surface area contributed by atoms with Crippen LogP contribution in [0.4, 0.5) is 17.6 Å². The van der Waals surface area contributed by atoms with Gasteiger partial charge in [0.15, 0.2) is 11.6 Å². The predicted octanol–water partition coefficient (Wildman–Crippen LogP) is 3.12. The highest BCUT2D eigenvalue weighted by Gasteiger charge is 2.25. The van der Waals surface area contributed by atoms with Crippen molar-refractivity contribution in [2.45, 2.75) is 12.5 Å². The number of aromatic hydroxyl groups is 1. The standard InChI is InChI=1S/C8H6BrF4NO.ClH/c9-3-1-2(6(14)8(12)13)7(15)5(11)4(3)10;/h1,6,8,15H,14H2;1H/t6-;/m0./s1. The molecule has 0 aliphatic carbocycles. The van der Waals surface area contributed by atoms with Gasteiger partial charge in [0.25, 0.3) is 6.43 Å². The topological polar surface area (TPSA) is 46.2 Å². The molecule has 1 atom stereocenters. The van der Waals surface area contributed by atoms with Gasteiger partial charge in [0.1, 0.15) is 0 Å². The van der Waals surface area contributed by atoms with Gasteiger partial charge < -0.3 is 10.8 Å². The van der Waals surface area contributed by atoms with Crippen LogP contribution in [0.1, 0.15) is 11.6 Å². The van der Waals surface area contributed by atoms with E-state index in [1.165, 1.54) is 0 Å². The molecule has 0 amide bonds. The quantitative estimate of drug-likeness (QED) is 0.648. The first-order chi connectivity index (χ1) is 6.86. The van der Waals surface area contributed by atoms with Crippen LogP contribution in [0.3, 0.4) is 0 Å². The smallest absolute Gasteiger partial charge is 0.257 e. The van der Waals surface area contributed by atoms with Crippen molar-refractivity contribution in [3.8, 4) is 5.75 Å². The molecule has 0 saturated carbocycles. The zero-order valence-corrected chi connectivity index (χ0v) is 9.96. The lowest BCUT2D eigenvalue weighted by molar-refractivity contribution is 0.114. The maximum atomic E-state index is 12.9. The summed E-state index contributed by atoms with van der Waals surface area (Å²) < 4.78 is 49.8. The summed E-state index contributed by atoms with van der Waals surface area (Å²) in [6, 6.07) is -1.04. The summed E-state index contributed by atoms with van der Waals surface area (Å²) in [5.41, 5.74) is 4.46. The van der Waals surface area contributed by atoms with Crippen LogP contribution >= 0.6 is 28.3 Å². The number of rotatable bonds is 2. The van der Waals surface area contributed by atoms with Crippen molar-refractivity contribution in [2.75, 3.05) is 0 Å². The lowest BCUT2D eigenvalue weighted by atomic mass is 10.1. The van der Waals surface area contributed by atoms with Crippen LogP contribution in [0, 0.1) is 11.6 Å². The Morgan fingerprint density at radius 1 is 1.25 bits per heavy atom. The average Bonchev–Trinajstić information content (AvgIpc) is 2.19. The third kappa shape index (κ3) is 2.78. The van der Waals surface area contributed by atoms with E-state index in [9.17, 15) is 17.6 Å². The first kappa shape index (κ1) is 15.5. The van der Waals surface area contributed by atoms with Crippen LogP contribution in [0.2, 0.25) is 0 Å². The van der Waals surface area contributed by atoms with Gasteiger partial charge in [-0.2, -0.15) is 4.39 Å². The number of nitrogens with two attached hydrogens (primary N) is 1. The fraction of sp³-hybridized carbons (Fsp3) is 0.250. The van der Waals surface area contributed by atoms with Crippen LogP contribution in [-0.2, 0) is 0 Å².